The third-order valence-corrected chi connectivity index (χ3v) is 6.32. The maximum absolute atomic E-state index is 12.9. The van der Waals surface area contributed by atoms with Gasteiger partial charge in [0.15, 0.2) is 0 Å². The molecule has 0 heterocycles. The quantitative estimate of drug-likeness (QED) is 0.783. The number of sulfonamides is 2. The predicted octanol–water partition coefficient (Wildman–Crippen LogP) is 3.35. The van der Waals surface area contributed by atoms with E-state index >= 15 is 0 Å². The molecule has 0 unspecified atom stereocenters. The molecule has 142 valence electrons. The van der Waals surface area contributed by atoms with E-state index < -0.39 is 20.0 Å². The van der Waals surface area contributed by atoms with Crippen LogP contribution < -0.4 is 9.44 Å². The number of hydrogen-bond donors (Lipinski definition) is 2. The summed E-state index contributed by atoms with van der Waals surface area (Å²) in [5, 5.41) is 0. The lowest BCUT2D eigenvalue weighted by Crippen LogP contribution is -2.19. The topological polar surface area (TPSA) is 92.3 Å². The van der Waals surface area contributed by atoms with Crippen molar-refractivity contribution in [2.75, 3.05) is 15.7 Å². The minimum Gasteiger partial charge on any atom is -0.283 e. The van der Waals surface area contributed by atoms with Crippen LogP contribution in [-0.2, 0) is 26.5 Å². The highest BCUT2D eigenvalue weighted by atomic mass is 32.2. The number of hydrogen-bond acceptors (Lipinski definition) is 4. The molecule has 0 aromatic heterocycles. The number of benzene rings is 2. The van der Waals surface area contributed by atoms with Gasteiger partial charge in [-0.15, -0.1) is 0 Å². The van der Waals surface area contributed by atoms with E-state index in [9.17, 15) is 16.8 Å². The first-order valence-corrected chi connectivity index (χ1v) is 11.5. The summed E-state index contributed by atoms with van der Waals surface area (Å²) in [4.78, 5) is 0.0776. The summed E-state index contributed by atoms with van der Waals surface area (Å²) in [6.45, 7) is 7.05. The van der Waals surface area contributed by atoms with Gasteiger partial charge < -0.3 is 0 Å². The highest BCUT2D eigenvalue weighted by Gasteiger charge is 2.24. The highest BCUT2D eigenvalue weighted by Crippen LogP contribution is 2.32. The van der Waals surface area contributed by atoms with Crippen molar-refractivity contribution in [3.8, 4) is 0 Å². The Balaban J connectivity index is 2.52. The zero-order chi connectivity index (χ0) is 19.7. The summed E-state index contributed by atoms with van der Waals surface area (Å²) < 4.78 is 54.1. The average molecular weight is 397 g/mol. The molecule has 0 radical (unpaired) electrons. The van der Waals surface area contributed by atoms with Crippen LogP contribution in [0, 0.1) is 20.8 Å². The molecule has 0 aliphatic carbocycles. The molecule has 0 bridgehead atoms. The second-order valence-electron chi connectivity index (χ2n) is 6.37. The summed E-state index contributed by atoms with van der Waals surface area (Å²) in [7, 11) is -7.40. The fourth-order valence-electron chi connectivity index (χ4n) is 2.94. The maximum Gasteiger partial charge on any atom is 0.262 e. The number of aryl methyl sites for hydroxylation is 3. The van der Waals surface area contributed by atoms with Crippen molar-refractivity contribution in [2.24, 2.45) is 0 Å². The summed E-state index contributed by atoms with van der Waals surface area (Å²) in [6, 6.07) is 8.82. The van der Waals surface area contributed by atoms with Gasteiger partial charge >= 0.3 is 0 Å². The standard InChI is InChI=1S/C18H24N2O4S2/c1-6-15-7-9-16(10-8-15)19-26(23,24)18-13(3)11-12(2)17(14(18)4)20-25(5,21)22/h7-11,19-20H,6H2,1-5H3. The van der Waals surface area contributed by atoms with Crippen LogP contribution in [0.15, 0.2) is 35.2 Å². The molecule has 2 N–H and O–H groups in total. The summed E-state index contributed by atoms with van der Waals surface area (Å²) >= 11 is 0. The van der Waals surface area contributed by atoms with Crippen molar-refractivity contribution in [1.82, 2.24) is 0 Å². The third-order valence-electron chi connectivity index (χ3n) is 4.07. The lowest BCUT2D eigenvalue weighted by molar-refractivity contribution is 0.599. The van der Waals surface area contributed by atoms with Gasteiger partial charge in [-0.3, -0.25) is 9.44 Å². The third kappa shape index (κ3) is 4.56. The molecular formula is C18H24N2O4S2. The predicted molar refractivity (Wildman–Crippen MR) is 106 cm³/mol. The van der Waals surface area contributed by atoms with Gasteiger partial charge in [0.05, 0.1) is 16.8 Å². The van der Waals surface area contributed by atoms with E-state index in [0.29, 0.717) is 28.1 Å². The molecule has 0 aliphatic rings. The van der Waals surface area contributed by atoms with Gasteiger partial charge in [-0.25, -0.2) is 16.8 Å². The van der Waals surface area contributed by atoms with E-state index in [2.05, 4.69) is 9.44 Å². The fraction of sp³-hybridized carbons (Fsp3) is 0.333. The molecule has 0 amide bonds. The smallest absolute Gasteiger partial charge is 0.262 e. The van der Waals surface area contributed by atoms with Crippen molar-refractivity contribution in [1.29, 1.82) is 0 Å². The Kier molecular flexibility index (Phi) is 5.67. The van der Waals surface area contributed by atoms with Crippen LogP contribution in [0.25, 0.3) is 0 Å². The second kappa shape index (κ2) is 7.28. The van der Waals surface area contributed by atoms with Crippen LogP contribution >= 0.6 is 0 Å². The Labute approximate surface area is 155 Å². The zero-order valence-corrected chi connectivity index (χ0v) is 17.2. The van der Waals surface area contributed by atoms with Gasteiger partial charge in [0, 0.05) is 5.69 Å². The zero-order valence-electron chi connectivity index (χ0n) is 15.5. The molecule has 0 fully saturated rings. The highest BCUT2D eigenvalue weighted by molar-refractivity contribution is 7.93. The molecule has 2 rings (SSSR count). The molecule has 0 atom stereocenters. The van der Waals surface area contributed by atoms with Crippen molar-refractivity contribution in [3.63, 3.8) is 0 Å². The summed E-state index contributed by atoms with van der Waals surface area (Å²) in [6.07, 6.45) is 1.90. The number of anilines is 2. The molecule has 26 heavy (non-hydrogen) atoms. The van der Waals surface area contributed by atoms with Crippen molar-refractivity contribution in [3.05, 3.63) is 52.6 Å². The molecule has 0 aliphatic heterocycles. The van der Waals surface area contributed by atoms with E-state index in [0.717, 1.165) is 18.2 Å². The van der Waals surface area contributed by atoms with Crippen LogP contribution in [0.5, 0.6) is 0 Å². The van der Waals surface area contributed by atoms with Gasteiger partial charge in [0.25, 0.3) is 10.0 Å². The summed E-state index contributed by atoms with van der Waals surface area (Å²) in [5.74, 6) is 0. The first kappa shape index (κ1) is 20.3. The van der Waals surface area contributed by atoms with Crippen LogP contribution in [-0.4, -0.2) is 23.1 Å². The van der Waals surface area contributed by atoms with Crippen molar-refractivity contribution >= 4 is 31.4 Å². The lowest BCUT2D eigenvalue weighted by Gasteiger charge is -2.18. The minimum absolute atomic E-state index is 0.0776. The fourth-order valence-corrected chi connectivity index (χ4v) is 5.16. The summed E-state index contributed by atoms with van der Waals surface area (Å²) in [5.41, 5.74) is 3.44. The van der Waals surface area contributed by atoms with Gasteiger partial charge in [-0.1, -0.05) is 25.1 Å². The van der Waals surface area contributed by atoms with Gasteiger partial charge in [-0.05, 0) is 61.6 Å². The Hall–Kier alpha value is -2.06. The van der Waals surface area contributed by atoms with E-state index in [-0.39, 0.29) is 4.90 Å². The van der Waals surface area contributed by atoms with Crippen LogP contribution in [0.4, 0.5) is 11.4 Å². The number of nitrogens with one attached hydrogen (secondary N) is 2. The monoisotopic (exact) mass is 396 g/mol. The molecule has 0 spiro atoms. The molecule has 2 aromatic carbocycles. The Bertz CT molecular complexity index is 1030. The lowest BCUT2D eigenvalue weighted by atomic mass is 10.1. The van der Waals surface area contributed by atoms with Crippen LogP contribution in [0.3, 0.4) is 0 Å². The van der Waals surface area contributed by atoms with Gasteiger partial charge in [0.1, 0.15) is 0 Å². The SMILES string of the molecule is CCc1ccc(NS(=O)(=O)c2c(C)cc(C)c(NS(C)(=O)=O)c2C)cc1. The largest absolute Gasteiger partial charge is 0.283 e. The normalized spacial score (nSPS) is 12.0. The van der Waals surface area contributed by atoms with E-state index in [4.69, 9.17) is 0 Å². The minimum atomic E-state index is -3.87. The first-order chi connectivity index (χ1) is 11.9. The van der Waals surface area contributed by atoms with Crippen molar-refractivity contribution in [2.45, 2.75) is 39.0 Å². The molecular weight excluding hydrogens is 372 g/mol. The van der Waals surface area contributed by atoms with Gasteiger partial charge in [-0.2, -0.15) is 0 Å². The van der Waals surface area contributed by atoms with Crippen molar-refractivity contribution < 1.29 is 16.8 Å². The molecule has 8 heteroatoms. The molecule has 6 nitrogen and oxygen atoms in total. The molecule has 0 saturated heterocycles. The van der Waals surface area contributed by atoms with E-state index in [1.54, 1.807) is 39.0 Å². The maximum atomic E-state index is 12.9. The van der Waals surface area contributed by atoms with Crippen LogP contribution in [0.2, 0.25) is 0 Å². The van der Waals surface area contributed by atoms with E-state index in [1.807, 2.05) is 19.1 Å². The Morgan fingerprint density at radius 2 is 1.46 bits per heavy atom. The molecule has 0 saturated carbocycles. The number of rotatable bonds is 6. The Morgan fingerprint density at radius 3 is 1.96 bits per heavy atom. The Morgan fingerprint density at radius 1 is 0.885 bits per heavy atom. The van der Waals surface area contributed by atoms with E-state index in [1.165, 1.54) is 0 Å². The van der Waals surface area contributed by atoms with Crippen LogP contribution in [0.1, 0.15) is 29.2 Å². The average Bonchev–Trinajstić information content (AvgIpc) is 2.50. The van der Waals surface area contributed by atoms with Gasteiger partial charge in [0.2, 0.25) is 10.0 Å². The first-order valence-electron chi connectivity index (χ1n) is 8.15. The molecule has 2 aromatic rings. The second-order valence-corrected chi connectivity index (χ2v) is 9.74.